The molecule has 0 aliphatic heterocycles. The van der Waals surface area contributed by atoms with Gasteiger partial charge >= 0.3 is 5.97 Å². The second-order valence-corrected chi connectivity index (χ2v) is 3.28. The Morgan fingerprint density at radius 3 is 2.47 bits per heavy atom. The van der Waals surface area contributed by atoms with Crippen molar-refractivity contribution in [3.63, 3.8) is 0 Å². The van der Waals surface area contributed by atoms with Gasteiger partial charge in [-0.25, -0.2) is 0 Å². The first-order chi connectivity index (χ1) is 8.04. The topological polar surface area (TPSA) is 98.9 Å². The molecule has 0 amide bonds. The molecule has 6 nitrogen and oxygen atoms in total. The fraction of sp³-hybridized carbons (Fsp3) is 0.273. The van der Waals surface area contributed by atoms with Crippen molar-refractivity contribution < 1.29 is 24.2 Å². The van der Waals surface area contributed by atoms with Crippen molar-refractivity contribution in [2.45, 2.75) is 6.04 Å². The van der Waals surface area contributed by atoms with Crippen LogP contribution in [0.1, 0.15) is 22.0 Å². The number of hydrogen-bond acceptors (Lipinski definition) is 5. The van der Waals surface area contributed by atoms with Gasteiger partial charge in [0.2, 0.25) is 0 Å². The molecule has 1 rings (SSSR count). The largest absolute Gasteiger partial charge is 0.493 e. The number of carbonyl (C=O) groups is 2. The molecule has 0 fully saturated rings. The Bertz CT molecular complexity index is 444. The summed E-state index contributed by atoms with van der Waals surface area (Å²) in [4.78, 5) is 21.6. The zero-order chi connectivity index (χ0) is 13.0. The van der Waals surface area contributed by atoms with Gasteiger partial charge in [0.25, 0.3) is 0 Å². The summed E-state index contributed by atoms with van der Waals surface area (Å²) in [5.41, 5.74) is 5.93. The van der Waals surface area contributed by atoms with E-state index >= 15 is 0 Å². The first-order valence-corrected chi connectivity index (χ1v) is 4.74. The van der Waals surface area contributed by atoms with Gasteiger partial charge in [0, 0.05) is 0 Å². The normalized spacial score (nSPS) is 11.7. The van der Waals surface area contributed by atoms with Crippen LogP contribution >= 0.6 is 0 Å². The number of methoxy groups -OCH3 is 2. The van der Waals surface area contributed by atoms with Gasteiger partial charge in [-0.05, 0) is 17.7 Å². The molecule has 0 radical (unpaired) electrons. The monoisotopic (exact) mass is 239 g/mol. The summed E-state index contributed by atoms with van der Waals surface area (Å²) in [5, 5.41) is 8.80. The first-order valence-electron chi connectivity index (χ1n) is 4.74. The van der Waals surface area contributed by atoms with Crippen LogP contribution in [0.25, 0.3) is 0 Å². The molecule has 0 saturated heterocycles. The molecule has 0 aromatic heterocycles. The van der Waals surface area contributed by atoms with Crippen molar-refractivity contribution in [2.75, 3.05) is 14.2 Å². The average molecular weight is 239 g/mol. The fourth-order valence-electron chi connectivity index (χ4n) is 1.43. The minimum Gasteiger partial charge on any atom is -0.493 e. The molecule has 1 aromatic carbocycles. The maximum Gasteiger partial charge on any atom is 0.325 e. The lowest BCUT2D eigenvalue weighted by atomic mass is 10.0. The first kappa shape index (κ1) is 13.0. The number of benzene rings is 1. The SMILES string of the molecule is COc1cc(C(N)C(=O)O)cc(C=O)c1OC. The van der Waals surface area contributed by atoms with Gasteiger partial charge in [-0.1, -0.05) is 0 Å². The summed E-state index contributed by atoms with van der Waals surface area (Å²) >= 11 is 0. The van der Waals surface area contributed by atoms with E-state index in [2.05, 4.69) is 0 Å². The van der Waals surface area contributed by atoms with Crippen LogP contribution in [0.2, 0.25) is 0 Å². The summed E-state index contributed by atoms with van der Waals surface area (Å²) < 4.78 is 10.0. The number of ether oxygens (including phenoxy) is 2. The number of carboxylic acid groups (broad SMARTS) is 1. The summed E-state index contributed by atoms with van der Waals surface area (Å²) in [6.45, 7) is 0. The van der Waals surface area contributed by atoms with Crippen molar-refractivity contribution in [1.82, 2.24) is 0 Å². The van der Waals surface area contributed by atoms with Crippen molar-refractivity contribution >= 4 is 12.3 Å². The summed E-state index contributed by atoms with van der Waals surface area (Å²) in [5.74, 6) is -0.665. The Balaban J connectivity index is 3.36. The number of rotatable bonds is 5. The molecule has 17 heavy (non-hydrogen) atoms. The van der Waals surface area contributed by atoms with Crippen molar-refractivity contribution in [3.8, 4) is 11.5 Å². The molecule has 6 heteroatoms. The lowest BCUT2D eigenvalue weighted by Gasteiger charge is -2.14. The highest BCUT2D eigenvalue weighted by atomic mass is 16.5. The lowest BCUT2D eigenvalue weighted by Crippen LogP contribution is -2.21. The highest BCUT2D eigenvalue weighted by molar-refractivity contribution is 5.83. The molecule has 0 bridgehead atoms. The molecule has 0 aliphatic rings. The zero-order valence-electron chi connectivity index (χ0n) is 9.47. The summed E-state index contributed by atoms with van der Waals surface area (Å²) in [7, 11) is 2.78. The van der Waals surface area contributed by atoms with Crippen LogP contribution in [-0.4, -0.2) is 31.6 Å². The van der Waals surface area contributed by atoms with E-state index in [9.17, 15) is 9.59 Å². The molecular formula is C11H13NO5. The minimum atomic E-state index is -1.21. The Hall–Kier alpha value is -2.08. The molecule has 92 valence electrons. The number of aldehydes is 1. The molecule has 1 unspecified atom stereocenters. The van der Waals surface area contributed by atoms with E-state index in [0.717, 1.165) is 0 Å². The highest BCUT2D eigenvalue weighted by Gasteiger charge is 2.19. The van der Waals surface area contributed by atoms with E-state index in [4.69, 9.17) is 20.3 Å². The van der Waals surface area contributed by atoms with E-state index in [0.29, 0.717) is 6.29 Å². The van der Waals surface area contributed by atoms with E-state index in [1.807, 2.05) is 0 Å². The highest BCUT2D eigenvalue weighted by Crippen LogP contribution is 2.33. The fourth-order valence-corrected chi connectivity index (χ4v) is 1.43. The van der Waals surface area contributed by atoms with Crippen LogP contribution in [-0.2, 0) is 4.79 Å². The number of hydrogen-bond donors (Lipinski definition) is 2. The molecule has 0 heterocycles. The third-order valence-electron chi connectivity index (χ3n) is 2.28. The molecule has 3 N–H and O–H groups in total. The summed E-state index contributed by atoms with van der Waals surface area (Å²) in [6, 6.07) is 1.59. The third kappa shape index (κ3) is 2.54. The predicted molar refractivity (Wildman–Crippen MR) is 59.5 cm³/mol. The van der Waals surface area contributed by atoms with Gasteiger partial charge in [-0.2, -0.15) is 0 Å². The van der Waals surface area contributed by atoms with Crippen LogP contribution in [0.15, 0.2) is 12.1 Å². The third-order valence-corrected chi connectivity index (χ3v) is 2.28. The van der Waals surface area contributed by atoms with Crippen LogP contribution in [0, 0.1) is 0 Å². The van der Waals surface area contributed by atoms with Gasteiger partial charge in [0.15, 0.2) is 17.8 Å². The average Bonchev–Trinajstić information content (AvgIpc) is 2.35. The molecule has 0 spiro atoms. The minimum absolute atomic E-state index is 0.193. The maximum atomic E-state index is 10.9. The van der Waals surface area contributed by atoms with Crippen LogP contribution in [0.4, 0.5) is 0 Å². The van der Waals surface area contributed by atoms with E-state index in [1.165, 1.54) is 26.4 Å². The molecule has 0 aliphatic carbocycles. The second-order valence-electron chi connectivity index (χ2n) is 3.28. The lowest BCUT2D eigenvalue weighted by molar-refractivity contribution is -0.138. The number of carboxylic acids is 1. The summed E-state index contributed by atoms with van der Waals surface area (Å²) in [6.07, 6.45) is 0.555. The van der Waals surface area contributed by atoms with E-state index in [1.54, 1.807) is 0 Å². The van der Waals surface area contributed by atoms with Crippen molar-refractivity contribution in [2.24, 2.45) is 5.73 Å². The Labute approximate surface area is 97.9 Å². The van der Waals surface area contributed by atoms with Crippen LogP contribution in [0.3, 0.4) is 0 Å². The number of aliphatic carboxylic acids is 1. The Morgan fingerprint density at radius 2 is 2.06 bits per heavy atom. The van der Waals surface area contributed by atoms with Crippen molar-refractivity contribution in [1.29, 1.82) is 0 Å². The quantitative estimate of drug-likeness (QED) is 0.730. The standard InChI is InChI=1S/C11H13NO5/c1-16-8-4-6(9(12)11(14)15)3-7(5-13)10(8)17-2/h3-5,9H,12H2,1-2H3,(H,14,15). The maximum absolute atomic E-state index is 10.9. The zero-order valence-corrected chi connectivity index (χ0v) is 9.47. The van der Waals surface area contributed by atoms with Gasteiger partial charge in [-0.15, -0.1) is 0 Å². The predicted octanol–water partition coefficient (Wildman–Crippen LogP) is 0.601. The Morgan fingerprint density at radius 1 is 1.41 bits per heavy atom. The molecular weight excluding hydrogens is 226 g/mol. The van der Waals surface area contributed by atoms with Crippen molar-refractivity contribution in [3.05, 3.63) is 23.3 Å². The number of carbonyl (C=O) groups excluding carboxylic acids is 1. The second kappa shape index (κ2) is 5.31. The molecule has 1 atom stereocenters. The molecule has 0 saturated carbocycles. The smallest absolute Gasteiger partial charge is 0.325 e. The van der Waals surface area contributed by atoms with Crippen LogP contribution < -0.4 is 15.2 Å². The van der Waals surface area contributed by atoms with Gasteiger partial charge in [-0.3, -0.25) is 9.59 Å². The van der Waals surface area contributed by atoms with Gasteiger partial charge < -0.3 is 20.3 Å². The van der Waals surface area contributed by atoms with Gasteiger partial charge in [0.05, 0.1) is 19.8 Å². The van der Waals surface area contributed by atoms with E-state index < -0.39 is 12.0 Å². The molecule has 1 aromatic rings. The van der Waals surface area contributed by atoms with Gasteiger partial charge in [0.1, 0.15) is 6.04 Å². The number of nitrogens with two attached hydrogens (primary N) is 1. The van der Waals surface area contributed by atoms with E-state index in [-0.39, 0.29) is 22.6 Å². The Kier molecular flexibility index (Phi) is 4.06. The van der Waals surface area contributed by atoms with Crippen LogP contribution in [0.5, 0.6) is 11.5 Å².